The number of rotatable bonds is 6. The molecule has 0 radical (unpaired) electrons. The van der Waals surface area contributed by atoms with Crippen molar-refractivity contribution >= 4 is 17.6 Å². The highest BCUT2D eigenvalue weighted by Gasteiger charge is 2.21. The number of aromatic nitrogens is 2. The molecule has 0 spiro atoms. The molecule has 3 rings (SSSR count). The highest BCUT2D eigenvalue weighted by Crippen LogP contribution is 2.17. The van der Waals surface area contributed by atoms with Gasteiger partial charge in [-0.1, -0.05) is 42.0 Å². The number of nitriles is 1. The molecule has 152 valence electrons. The number of anilines is 1. The predicted molar refractivity (Wildman–Crippen MR) is 112 cm³/mol. The monoisotopic (exact) mass is 402 g/mol. The highest BCUT2D eigenvalue weighted by molar-refractivity contribution is 5.97. The summed E-state index contributed by atoms with van der Waals surface area (Å²) in [6.07, 6.45) is 0. The fourth-order valence-corrected chi connectivity index (χ4v) is 3.09. The Morgan fingerprint density at radius 1 is 1.10 bits per heavy atom. The summed E-state index contributed by atoms with van der Waals surface area (Å²) in [5.74, 6) is -1.13. The van der Waals surface area contributed by atoms with Crippen LogP contribution in [0.3, 0.4) is 0 Å². The van der Waals surface area contributed by atoms with Gasteiger partial charge in [-0.2, -0.15) is 10.4 Å². The normalized spacial score (nSPS) is 10.3. The molecule has 1 aromatic heterocycles. The van der Waals surface area contributed by atoms with Gasteiger partial charge in [-0.25, -0.2) is 4.79 Å². The predicted octanol–water partition coefficient (Wildman–Crippen LogP) is 3.52. The van der Waals surface area contributed by atoms with Crippen molar-refractivity contribution in [2.45, 2.75) is 27.3 Å². The summed E-state index contributed by atoms with van der Waals surface area (Å²) in [4.78, 5) is 24.7. The maximum atomic E-state index is 12.6. The first-order valence-electron chi connectivity index (χ1n) is 9.44. The van der Waals surface area contributed by atoms with Gasteiger partial charge in [0.2, 0.25) is 0 Å². The third-order valence-electron chi connectivity index (χ3n) is 4.69. The van der Waals surface area contributed by atoms with Crippen LogP contribution >= 0.6 is 0 Å². The van der Waals surface area contributed by atoms with E-state index in [0.717, 1.165) is 5.56 Å². The van der Waals surface area contributed by atoms with Gasteiger partial charge in [0, 0.05) is 0 Å². The standard InChI is InChI=1S/C23H22N4O3/c1-15-8-10-18(11-9-15)13-27-17(3)22(16(2)26-27)23(29)30-14-21(28)25-20-7-5-4-6-19(20)12-24/h4-11H,13-14H2,1-3H3,(H,25,28). The second-order valence-corrected chi connectivity index (χ2v) is 6.97. The molecule has 0 atom stereocenters. The first-order chi connectivity index (χ1) is 14.4. The van der Waals surface area contributed by atoms with E-state index < -0.39 is 18.5 Å². The minimum absolute atomic E-state index is 0.334. The molecule has 1 heterocycles. The maximum absolute atomic E-state index is 12.6. The number of hydrogen-bond acceptors (Lipinski definition) is 5. The maximum Gasteiger partial charge on any atom is 0.342 e. The van der Waals surface area contributed by atoms with E-state index in [2.05, 4.69) is 10.4 Å². The van der Waals surface area contributed by atoms with Gasteiger partial charge in [0.05, 0.1) is 29.2 Å². The van der Waals surface area contributed by atoms with Gasteiger partial charge in [-0.05, 0) is 38.5 Å². The fourth-order valence-electron chi connectivity index (χ4n) is 3.09. The summed E-state index contributed by atoms with van der Waals surface area (Å²) >= 11 is 0. The third-order valence-corrected chi connectivity index (χ3v) is 4.69. The van der Waals surface area contributed by atoms with Crippen LogP contribution in [0.15, 0.2) is 48.5 Å². The van der Waals surface area contributed by atoms with Crippen LogP contribution < -0.4 is 5.32 Å². The Hall–Kier alpha value is -3.92. The Kier molecular flexibility index (Phi) is 6.28. The molecule has 0 unspecified atom stereocenters. The van der Waals surface area contributed by atoms with Crippen LogP contribution in [0.1, 0.15) is 38.4 Å². The molecule has 0 bridgehead atoms. The number of nitrogens with one attached hydrogen (secondary N) is 1. The topological polar surface area (TPSA) is 97.0 Å². The van der Waals surface area contributed by atoms with E-state index in [4.69, 9.17) is 10.00 Å². The van der Waals surface area contributed by atoms with Crippen molar-refractivity contribution in [3.05, 3.63) is 82.2 Å². The molecular weight excluding hydrogens is 380 g/mol. The Balaban J connectivity index is 1.65. The van der Waals surface area contributed by atoms with E-state index in [1.165, 1.54) is 5.56 Å². The number of carbonyl (C=O) groups excluding carboxylic acids is 2. The second kappa shape index (κ2) is 9.05. The second-order valence-electron chi connectivity index (χ2n) is 6.97. The Bertz CT molecular complexity index is 1120. The molecule has 0 saturated heterocycles. The molecule has 0 aliphatic carbocycles. The quantitative estimate of drug-likeness (QED) is 0.636. The number of hydrogen-bond donors (Lipinski definition) is 1. The van der Waals surface area contributed by atoms with E-state index in [0.29, 0.717) is 34.7 Å². The van der Waals surface area contributed by atoms with E-state index in [1.807, 2.05) is 37.3 Å². The summed E-state index contributed by atoms with van der Waals surface area (Å²) in [5.41, 5.74) is 4.52. The Morgan fingerprint density at radius 3 is 2.50 bits per heavy atom. The van der Waals surface area contributed by atoms with Gasteiger partial charge in [-0.3, -0.25) is 9.48 Å². The summed E-state index contributed by atoms with van der Waals surface area (Å²) in [6.45, 7) is 5.63. The number of nitrogens with zero attached hydrogens (tertiary/aromatic N) is 3. The van der Waals surface area contributed by atoms with Gasteiger partial charge < -0.3 is 10.1 Å². The number of benzene rings is 2. The van der Waals surface area contributed by atoms with Gasteiger partial charge in [0.15, 0.2) is 6.61 Å². The molecule has 2 aromatic carbocycles. The van der Waals surface area contributed by atoms with Gasteiger partial charge in [0.1, 0.15) is 11.6 Å². The van der Waals surface area contributed by atoms with Crippen LogP contribution in [0.4, 0.5) is 5.69 Å². The molecule has 0 aliphatic heterocycles. The largest absolute Gasteiger partial charge is 0.452 e. The number of aryl methyl sites for hydroxylation is 2. The molecule has 1 N–H and O–H groups in total. The van der Waals surface area contributed by atoms with E-state index in [-0.39, 0.29) is 0 Å². The van der Waals surface area contributed by atoms with Crippen molar-refractivity contribution in [2.75, 3.05) is 11.9 Å². The smallest absolute Gasteiger partial charge is 0.342 e. The van der Waals surface area contributed by atoms with Gasteiger partial charge in [0.25, 0.3) is 5.91 Å². The zero-order valence-corrected chi connectivity index (χ0v) is 17.1. The average Bonchev–Trinajstić information content (AvgIpc) is 3.01. The lowest BCUT2D eigenvalue weighted by atomic mass is 10.1. The van der Waals surface area contributed by atoms with Crippen molar-refractivity contribution in [1.82, 2.24) is 9.78 Å². The Labute approximate surface area is 174 Å². The number of ether oxygens (including phenoxy) is 1. The molecule has 7 nitrogen and oxygen atoms in total. The number of para-hydroxylation sites is 1. The highest BCUT2D eigenvalue weighted by atomic mass is 16.5. The van der Waals surface area contributed by atoms with Crippen LogP contribution in [0.2, 0.25) is 0 Å². The van der Waals surface area contributed by atoms with Crippen molar-refractivity contribution in [3.63, 3.8) is 0 Å². The molecule has 0 saturated carbocycles. The van der Waals surface area contributed by atoms with Crippen molar-refractivity contribution < 1.29 is 14.3 Å². The SMILES string of the molecule is Cc1ccc(Cn2nc(C)c(C(=O)OCC(=O)Nc3ccccc3C#N)c2C)cc1. The van der Waals surface area contributed by atoms with Crippen LogP contribution in [-0.2, 0) is 16.1 Å². The fraction of sp³-hybridized carbons (Fsp3) is 0.217. The molecule has 0 fully saturated rings. The van der Waals surface area contributed by atoms with Crippen molar-refractivity contribution in [2.24, 2.45) is 0 Å². The molecule has 1 amide bonds. The first kappa shape index (κ1) is 20.8. The number of amides is 1. The lowest BCUT2D eigenvalue weighted by Gasteiger charge is -2.08. The lowest BCUT2D eigenvalue weighted by molar-refractivity contribution is -0.119. The van der Waals surface area contributed by atoms with Crippen LogP contribution in [0.5, 0.6) is 0 Å². The molecule has 30 heavy (non-hydrogen) atoms. The minimum Gasteiger partial charge on any atom is -0.452 e. The molecule has 0 aliphatic rings. The first-order valence-corrected chi connectivity index (χ1v) is 9.44. The summed E-state index contributed by atoms with van der Waals surface area (Å²) in [7, 11) is 0. The van der Waals surface area contributed by atoms with Crippen LogP contribution in [-0.4, -0.2) is 28.3 Å². The number of esters is 1. The minimum atomic E-state index is -0.608. The average molecular weight is 402 g/mol. The van der Waals surface area contributed by atoms with Gasteiger partial charge in [-0.15, -0.1) is 0 Å². The van der Waals surface area contributed by atoms with E-state index >= 15 is 0 Å². The van der Waals surface area contributed by atoms with Crippen LogP contribution in [0, 0.1) is 32.1 Å². The molecular formula is C23H22N4O3. The van der Waals surface area contributed by atoms with E-state index in [1.54, 1.807) is 42.8 Å². The molecule has 3 aromatic rings. The van der Waals surface area contributed by atoms with Crippen molar-refractivity contribution in [1.29, 1.82) is 5.26 Å². The summed E-state index contributed by atoms with van der Waals surface area (Å²) in [5, 5.41) is 16.1. The zero-order chi connectivity index (χ0) is 21.7. The van der Waals surface area contributed by atoms with Gasteiger partial charge >= 0.3 is 5.97 Å². The van der Waals surface area contributed by atoms with Crippen molar-refractivity contribution in [3.8, 4) is 6.07 Å². The molecule has 7 heteroatoms. The lowest BCUT2D eigenvalue weighted by Crippen LogP contribution is -2.22. The summed E-state index contributed by atoms with van der Waals surface area (Å²) < 4.78 is 6.94. The number of carbonyl (C=O) groups is 2. The van der Waals surface area contributed by atoms with Crippen LogP contribution in [0.25, 0.3) is 0 Å². The Morgan fingerprint density at radius 2 is 1.80 bits per heavy atom. The summed E-state index contributed by atoms with van der Waals surface area (Å²) in [6, 6.07) is 16.7. The van der Waals surface area contributed by atoms with E-state index in [9.17, 15) is 9.59 Å². The zero-order valence-electron chi connectivity index (χ0n) is 17.1. The third kappa shape index (κ3) is 4.73.